The van der Waals surface area contributed by atoms with E-state index in [1.165, 1.54) is 25.7 Å². The van der Waals surface area contributed by atoms with E-state index in [0.717, 1.165) is 30.1 Å². The summed E-state index contributed by atoms with van der Waals surface area (Å²) in [6, 6.07) is 1.30. The minimum Gasteiger partial charge on any atom is -0.396 e. The Bertz CT molecular complexity index is 174. The molecule has 0 radical (unpaired) electrons. The van der Waals surface area contributed by atoms with Crippen molar-refractivity contribution < 1.29 is 5.11 Å². The molecule has 0 bridgehead atoms. The number of hydrogen-bond acceptors (Lipinski definition) is 3. The number of hydrogen-bond donors (Lipinski definition) is 2. The molecule has 0 saturated heterocycles. The van der Waals surface area contributed by atoms with Crippen LogP contribution in [0.15, 0.2) is 0 Å². The lowest BCUT2D eigenvalue weighted by Gasteiger charge is -2.25. The van der Waals surface area contributed by atoms with E-state index >= 15 is 0 Å². The highest BCUT2D eigenvalue weighted by atomic mass is 32.2. The molecular formula is C12H23NOS. The molecule has 0 aromatic heterocycles. The molecule has 2 aliphatic carbocycles. The first kappa shape index (κ1) is 11.7. The van der Waals surface area contributed by atoms with Gasteiger partial charge < -0.3 is 10.4 Å². The highest BCUT2D eigenvalue weighted by Crippen LogP contribution is 2.44. The van der Waals surface area contributed by atoms with Crippen LogP contribution in [0.2, 0.25) is 0 Å². The van der Waals surface area contributed by atoms with Gasteiger partial charge in [0.05, 0.1) is 0 Å². The average molecular weight is 229 g/mol. The van der Waals surface area contributed by atoms with Crippen molar-refractivity contribution in [1.29, 1.82) is 0 Å². The van der Waals surface area contributed by atoms with Gasteiger partial charge in [0, 0.05) is 24.4 Å². The lowest BCUT2D eigenvalue weighted by atomic mass is 10.1. The molecule has 0 aliphatic heterocycles. The Morgan fingerprint density at radius 2 is 1.87 bits per heavy atom. The Kier molecular flexibility index (Phi) is 4.35. The zero-order chi connectivity index (χ0) is 10.7. The second-order valence-electron chi connectivity index (χ2n) is 5.03. The first-order valence-electron chi connectivity index (χ1n) is 6.21. The number of rotatable bonds is 8. The maximum absolute atomic E-state index is 9.04. The minimum absolute atomic E-state index is 0.320. The van der Waals surface area contributed by atoms with Crippen molar-refractivity contribution in [3.05, 3.63) is 0 Å². The van der Waals surface area contributed by atoms with Gasteiger partial charge in [0.1, 0.15) is 0 Å². The zero-order valence-corrected chi connectivity index (χ0v) is 10.4. The molecule has 2 nitrogen and oxygen atoms in total. The summed E-state index contributed by atoms with van der Waals surface area (Å²) in [5.41, 5.74) is 0. The van der Waals surface area contributed by atoms with Crippen LogP contribution in [-0.4, -0.2) is 35.8 Å². The summed E-state index contributed by atoms with van der Waals surface area (Å²) in [7, 11) is 0. The van der Waals surface area contributed by atoms with Gasteiger partial charge in [0.2, 0.25) is 0 Å². The summed E-state index contributed by atoms with van der Waals surface area (Å²) in [4.78, 5) is 0. The fourth-order valence-electron chi connectivity index (χ4n) is 2.41. The molecule has 88 valence electrons. The Balaban J connectivity index is 1.78. The summed E-state index contributed by atoms with van der Waals surface area (Å²) < 4.78 is 0. The molecule has 3 heteroatoms. The van der Waals surface area contributed by atoms with Crippen molar-refractivity contribution in [2.24, 2.45) is 11.8 Å². The molecule has 0 aromatic rings. The topological polar surface area (TPSA) is 32.3 Å². The van der Waals surface area contributed by atoms with Gasteiger partial charge in [0.15, 0.2) is 0 Å². The minimum atomic E-state index is 0.320. The van der Waals surface area contributed by atoms with Crippen LogP contribution in [0.4, 0.5) is 0 Å². The van der Waals surface area contributed by atoms with E-state index in [4.69, 9.17) is 5.11 Å². The lowest BCUT2D eigenvalue weighted by molar-refractivity contribution is 0.257. The third kappa shape index (κ3) is 3.65. The van der Waals surface area contributed by atoms with E-state index in [9.17, 15) is 0 Å². The van der Waals surface area contributed by atoms with Crippen LogP contribution in [-0.2, 0) is 0 Å². The molecule has 0 amide bonds. The van der Waals surface area contributed by atoms with Crippen molar-refractivity contribution in [3.8, 4) is 0 Å². The summed E-state index contributed by atoms with van der Waals surface area (Å²) >= 11 is 1.88. The maximum atomic E-state index is 9.04. The van der Waals surface area contributed by atoms with Crippen molar-refractivity contribution in [3.63, 3.8) is 0 Å². The quantitative estimate of drug-likeness (QED) is 0.666. The zero-order valence-electron chi connectivity index (χ0n) is 9.61. The Morgan fingerprint density at radius 1 is 1.27 bits per heavy atom. The fraction of sp³-hybridized carbons (Fsp3) is 1.00. The second-order valence-corrected chi connectivity index (χ2v) is 5.94. The molecular weight excluding hydrogens is 206 g/mol. The maximum Gasteiger partial charge on any atom is 0.0446 e. The van der Waals surface area contributed by atoms with E-state index in [1.54, 1.807) is 0 Å². The van der Waals surface area contributed by atoms with Crippen molar-refractivity contribution >= 4 is 11.8 Å². The van der Waals surface area contributed by atoms with Crippen LogP contribution >= 0.6 is 11.8 Å². The van der Waals surface area contributed by atoms with Crippen molar-refractivity contribution in [2.45, 2.75) is 44.2 Å². The van der Waals surface area contributed by atoms with E-state index in [-0.39, 0.29) is 0 Å². The molecule has 2 aliphatic rings. The molecule has 0 aromatic carbocycles. The molecule has 2 saturated carbocycles. The van der Waals surface area contributed by atoms with Crippen molar-refractivity contribution in [1.82, 2.24) is 5.32 Å². The monoisotopic (exact) mass is 229 g/mol. The van der Waals surface area contributed by atoms with Gasteiger partial charge in [-0.25, -0.2) is 0 Å². The van der Waals surface area contributed by atoms with E-state index < -0.39 is 0 Å². The van der Waals surface area contributed by atoms with Gasteiger partial charge in [-0.05, 0) is 50.2 Å². The molecule has 0 heterocycles. The Morgan fingerprint density at radius 3 is 2.27 bits per heavy atom. The number of aliphatic hydroxyl groups is 1. The first-order valence-corrected chi connectivity index (χ1v) is 7.60. The van der Waals surface area contributed by atoms with E-state index in [0.29, 0.717) is 12.6 Å². The summed E-state index contributed by atoms with van der Waals surface area (Å²) in [5.74, 6) is 3.05. The van der Waals surface area contributed by atoms with Crippen LogP contribution < -0.4 is 5.32 Å². The van der Waals surface area contributed by atoms with Crippen molar-refractivity contribution in [2.75, 3.05) is 18.6 Å². The molecule has 1 unspecified atom stereocenters. The average Bonchev–Trinajstić information content (AvgIpc) is 3.06. The fourth-order valence-corrected chi connectivity index (χ4v) is 3.08. The van der Waals surface area contributed by atoms with Gasteiger partial charge in [-0.1, -0.05) is 0 Å². The SMILES string of the molecule is CSCC(CCO)NC(C1CC1)C1CC1. The number of aliphatic hydroxyl groups excluding tert-OH is 1. The smallest absolute Gasteiger partial charge is 0.0446 e. The summed E-state index contributed by atoms with van der Waals surface area (Å²) in [6.07, 6.45) is 8.78. The molecule has 15 heavy (non-hydrogen) atoms. The molecule has 2 fully saturated rings. The second kappa shape index (κ2) is 5.55. The number of nitrogens with one attached hydrogen (secondary N) is 1. The summed E-state index contributed by atoms with van der Waals surface area (Å²) in [6.45, 7) is 0.320. The Hall–Kier alpha value is 0.270. The highest BCUT2D eigenvalue weighted by molar-refractivity contribution is 7.98. The highest BCUT2D eigenvalue weighted by Gasteiger charge is 2.41. The lowest BCUT2D eigenvalue weighted by Crippen LogP contribution is -2.43. The van der Waals surface area contributed by atoms with Crippen LogP contribution in [0, 0.1) is 11.8 Å². The van der Waals surface area contributed by atoms with Gasteiger partial charge >= 0.3 is 0 Å². The van der Waals surface area contributed by atoms with Gasteiger partial charge in [0.25, 0.3) is 0 Å². The molecule has 2 rings (SSSR count). The standard InChI is InChI=1S/C12H23NOS/c1-15-8-11(6-7-14)13-12(9-2-3-9)10-4-5-10/h9-14H,2-8H2,1H3. The van der Waals surface area contributed by atoms with Crippen LogP contribution in [0.1, 0.15) is 32.1 Å². The van der Waals surface area contributed by atoms with Crippen LogP contribution in [0.25, 0.3) is 0 Å². The van der Waals surface area contributed by atoms with Gasteiger partial charge in [-0.15, -0.1) is 0 Å². The van der Waals surface area contributed by atoms with E-state index in [1.807, 2.05) is 11.8 Å². The molecule has 2 N–H and O–H groups in total. The first-order chi connectivity index (χ1) is 7.35. The Labute approximate surface area is 97.2 Å². The van der Waals surface area contributed by atoms with Crippen LogP contribution in [0.5, 0.6) is 0 Å². The largest absolute Gasteiger partial charge is 0.396 e. The predicted molar refractivity (Wildman–Crippen MR) is 66.2 cm³/mol. The van der Waals surface area contributed by atoms with E-state index in [2.05, 4.69) is 11.6 Å². The van der Waals surface area contributed by atoms with Gasteiger partial charge in [-0.2, -0.15) is 11.8 Å². The van der Waals surface area contributed by atoms with Crippen LogP contribution in [0.3, 0.4) is 0 Å². The third-order valence-corrected chi connectivity index (χ3v) is 4.27. The van der Waals surface area contributed by atoms with Gasteiger partial charge in [-0.3, -0.25) is 0 Å². The normalized spacial score (nSPS) is 23.4. The molecule has 1 atom stereocenters. The number of thioether (sulfide) groups is 1. The predicted octanol–water partition coefficient (Wildman–Crippen LogP) is 1.88. The molecule has 0 spiro atoms. The summed E-state index contributed by atoms with van der Waals surface area (Å²) in [5, 5.41) is 12.8. The third-order valence-electron chi connectivity index (χ3n) is 3.53.